The first-order valence-corrected chi connectivity index (χ1v) is 5.13. The number of hydrogen-bond acceptors (Lipinski definition) is 3. The van der Waals surface area contributed by atoms with Gasteiger partial charge in [-0.15, -0.1) is 0 Å². The Kier molecular flexibility index (Phi) is 2.19. The first kappa shape index (κ1) is 9.45. The van der Waals surface area contributed by atoms with Crippen molar-refractivity contribution >= 4 is 27.3 Å². The molecular weight excluding hydrogens is 248 g/mol. The summed E-state index contributed by atoms with van der Waals surface area (Å²) in [6, 6.07) is 3.34. The zero-order chi connectivity index (χ0) is 10.3. The van der Waals surface area contributed by atoms with E-state index in [1.165, 1.54) is 0 Å². The first-order chi connectivity index (χ1) is 6.61. The highest BCUT2D eigenvalue weighted by Crippen LogP contribution is 2.49. The fourth-order valence-corrected chi connectivity index (χ4v) is 2.21. The van der Waals surface area contributed by atoms with Gasteiger partial charge in [0.2, 0.25) is 0 Å². The Morgan fingerprint density at radius 3 is 2.64 bits per heavy atom. The predicted molar refractivity (Wildman–Crippen MR) is 57.2 cm³/mol. The van der Waals surface area contributed by atoms with E-state index < -0.39 is 4.92 Å². The maximum Gasteiger partial charge on any atom is 0.296 e. The zero-order valence-electron chi connectivity index (χ0n) is 7.37. The van der Waals surface area contributed by atoms with Crippen molar-refractivity contribution in [1.29, 1.82) is 0 Å². The number of halogens is 1. The van der Waals surface area contributed by atoms with Crippen molar-refractivity contribution in [1.82, 2.24) is 0 Å². The van der Waals surface area contributed by atoms with E-state index in [2.05, 4.69) is 15.9 Å². The van der Waals surface area contributed by atoms with Crippen LogP contribution in [0.1, 0.15) is 24.3 Å². The molecule has 1 aliphatic rings. The molecule has 1 aromatic rings. The number of nitro groups is 1. The van der Waals surface area contributed by atoms with Crippen LogP contribution < -0.4 is 5.73 Å². The van der Waals surface area contributed by atoms with Crippen molar-refractivity contribution in [3.05, 3.63) is 32.3 Å². The summed E-state index contributed by atoms with van der Waals surface area (Å²) in [5.41, 5.74) is 6.67. The number of nitro benzene ring substituents is 1. The highest BCUT2D eigenvalue weighted by atomic mass is 79.9. The third kappa shape index (κ3) is 1.48. The third-order valence-electron chi connectivity index (χ3n) is 2.36. The van der Waals surface area contributed by atoms with Gasteiger partial charge < -0.3 is 5.73 Å². The minimum absolute atomic E-state index is 0.0712. The number of anilines is 1. The van der Waals surface area contributed by atoms with Gasteiger partial charge in [0.15, 0.2) is 0 Å². The van der Waals surface area contributed by atoms with Gasteiger partial charge in [0, 0.05) is 10.0 Å². The van der Waals surface area contributed by atoms with E-state index in [0.29, 0.717) is 5.92 Å². The maximum atomic E-state index is 10.8. The number of benzene rings is 1. The predicted octanol–water partition coefficient (Wildman–Crippen LogP) is 2.82. The van der Waals surface area contributed by atoms with Gasteiger partial charge in [-0.3, -0.25) is 10.1 Å². The van der Waals surface area contributed by atoms with Gasteiger partial charge in [-0.1, -0.05) is 15.9 Å². The maximum absolute atomic E-state index is 10.8. The molecule has 1 fully saturated rings. The Bertz CT molecular complexity index is 402. The van der Waals surface area contributed by atoms with Crippen molar-refractivity contribution in [2.75, 3.05) is 5.73 Å². The molecule has 74 valence electrons. The zero-order valence-corrected chi connectivity index (χ0v) is 8.95. The van der Waals surface area contributed by atoms with Crippen molar-refractivity contribution < 1.29 is 4.92 Å². The normalized spacial score (nSPS) is 15.5. The molecule has 0 radical (unpaired) electrons. The van der Waals surface area contributed by atoms with Crippen LogP contribution in [0, 0.1) is 10.1 Å². The van der Waals surface area contributed by atoms with Crippen LogP contribution in [0.15, 0.2) is 16.6 Å². The third-order valence-corrected chi connectivity index (χ3v) is 3.05. The van der Waals surface area contributed by atoms with Crippen LogP contribution in [0.4, 0.5) is 11.4 Å². The summed E-state index contributed by atoms with van der Waals surface area (Å²) in [6.45, 7) is 0. The molecule has 1 saturated carbocycles. The Morgan fingerprint density at radius 2 is 2.14 bits per heavy atom. The highest BCUT2D eigenvalue weighted by molar-refractivity contribution is 9.10. The molecule has 0 unspecified atom stereocenters. The van der Waals surface area contributed by atoms with Crippen molar-refractivity contribution in [3.8, 4) is 0 Å². The van der Waals surface area contributed by atoms with Crippen molar-refractivity contribution in [2.45, 2.75) is 18.8 Å². The molecule has 0 bridgehead atoms. The number of rotatable bonds is 2. The SMILES string of the molecule is Nc1ccc(Br)c(C2CC2)c1[N+](=O)[O-]. The monoisotopic (exact) mass is 256 g/mol. The van der Waals surface area contributed by atoms with Crippen LogP contribution in [0.2, 0.25) is 0 Å². The van der Waals surface area contributed by atoms with Gasteiger partial charge in [0.25, 0.3) is 5.69 Å². The van der Waals surface area contributed by atoms with E-state index >= 15 is 0 Å². The summed E-state index contributed by atoms with van der Waals surface area (Å²) in [5, 5.41) is 10.8. The average molecular weight is 257 g/mol. The largest absolute Gasteiger partial charge is 0.393 e. The Hall–Kier alpha value is -1.10. The lowest BCUT2D eigenvalue weighted by Crippen LogP contribution is -2.00. The van der Waals surface area contributed by atoms with Crippen LogP contribution in [0.3, 0.4) is 0 Å². The average Bonchev–Trinajstić information content (AvgIpc) is 2.91. The molecule has 1 aromatic carbocycles. The standard InChI is InChI=1S/C9H9BrN2O2/c10-6-3-4-7(11)9(12(13)14)8(6)5-1-2-5/h3-5H,1-2,11H2. The summed E-state index contributed by atoms with van der Waals surface area (Å²) in [6.07, 6.45) is 2.03. The second-order valence-corrected chi connectivity index (χ2v) is 4.28. The van der Waals surface area contributed by atoms with Crippen molar-refractivity contribution in [3.63, 3.8) is 0 Å². The lowest BCUT2D eigenvalue weighted by molar-refractivity contribution is -0.384. The molecule has 1 aliphatic carbocycles. The number of hydrogen-bond donors (Lipinski definition) is 1. The molecule has 0 saturated heterocycles. The summed E-state index contributed by atoms with van der Waals surface area (Å²) < 4.78 is 0.793. The van der Waals surface area contributed by atoms with Gasteiger partial charge >= 0.3 is 0 Å². The lowest BCUT2D eigenvalue weighted by Gasteiger charge is -2.05. The molecule has 0 aliphatic heterocycles. The lowest BCUT2D eigenvalue weighted by atomic mass is 10.1. The van der Waals surface area contributed by atoms with Crippen LogP contribution >= 0.6 is 15.9 Å². The molecule has 0 atom stereocenters. The summed E-state index contributed by atoms with van der Waals surface area (Å²) >= 11 is 3.33. The van der Waals surface area contributed by atoms with E-state index in [1.807, 2.05) is 0 Å². The van der Waals surface area contributed by atoms with E-state index in [9.17, 15) is 10.1 Å². The van der Waals surface area contributed by atoms with E-state index in [0.717, 1.165) is 22.9 Å². The quantitative estimate of drug-likeness (QED) is 0.503. The smallest absolute Gasteiger partial charge is 0.296 e. The molecule has 5 heteroatoms. The van der Waals surface area contributed by atoms with Crippen LogP contribution in [0.5, 0.6) is 0 Å². The topological polar surface area (TPSA) is 69.2 Å². The molecule has 14 heavy (non-hydrogen) atoms. The van der Waals surface area contributed by atoms with Gasteiger partial charge in [-0.25, -0.2) is 0 Å². The minimum Gasteiger partial charge on any atom is -0.393 e. The van der Waals surface area contributed by atoms with E-state index in [-0.39, 0.29) is 11.4 Å². The Balaban J connectivity index is 2.62. The number of nitrogen functional groups attached to an aromatic ring is 1. The molecule has 4 nitrogen and oxygen atoms in total. The Morgan fingerprint density at radius 1 is 1.50 bits per heavy atom. The highest BCUT2D eigenvalue weighted by Gasteiger charge is 2.34. The molecule has 2 rings (SSSR count). The van der Waals surface area contributed by atoms with Gasteiger partial charge in [0.1, 0.15) is 5.69 Å². The Labute approximate surface area is 89.4 Å². The number of nitrogens with two attached hydrogens (primary N) is 1. The fraction of sp³-hybridized carbons (Fsp3) is 0.333. The first-order valence-electron chi connectivity index (χ1n) is 4.33. The van der Waals surface area contributed by atoms with Crippen molar-refractivity contribution in [2.24, 2.45) is 0 Å². The fourth-order valence-electron chi connectivity index (χ4n) is 1.56. The second kappa shape index (κ2) is 3.24. The molecular formula is C9H9BrN2O2. The van der Waals surface area contributed by atoms with Gasteiger partial charge in [-0.2, -0.15) is 0 Å². The van der Waals surface area contributed by atoms with Crippen LogP contribution in [-0.4, -0.2) is 4.92 Å². The molecule has 0 amide bonds. The number of nitrogens with zero attached hydrogens (tertiary/aromatic N) is 1. The second-order valence-electron chi connectivity index (χ2n) is 3.43. The van der Waals surface area contributed by atoms with E-state index in [4.69, 9.17) is 5.73 Å². The molecule has 0 heterocycles. The minimum atomic E-state index is -0.395. The van der Waals surface area contributed by atoms with Gasteiger partial charge in [-0.05, 0) is 30.9 Å². The summed E-state index contributed by atoms with van der Waals surface area (Å²) in [7, 11) is 0. The summed E-state index contributed by atoms with van der Waals surface area (Å²) in [5.74, 6) is 0.313. The van der Waals surface area contributed by atoms with E-state index in [1.54, 1.807) is 12.1 Å². The molecule has 0 aromatic heterocycles. The molecule has 2 N–H and O–H groups in total. The molecule has 0 spiro atoms. The van der Waals surface area contributed by atoms with Crippen LogP contribution in [-0.2, 0) is 0 Å². The van der Waals surface area contributed by atoms with Crippen LogP contribution in [0.25, 0.3) is 0 Å². The summed E-state index contributed by atoms with van der Waals surface area (Å²) in [4.78, 5) is 10.4. The van der Waals surface area contributed by atoms with Gasteiger partial charge in [0.05, 0.1) is 4.92 Å².